The number of carbonyl (C=O) groups excluding carboxylic acids is 2. The number of nitrogens with one attached hydrogen (secondary N) is 1. The fraction of sp³-hybridized carbons (Fsp3) is 0.818. The molecule has 16 heavy (non-hydrogen) atoms. The van der Waals surface area contributed by atoms with Crippen LogP contribution in [0.15, 0.2) is 0 Å². The van der Waals surface area contributed by atoms with Gasteiger partial charge >= 0.3 is 0 Å². The predicted octanol–water partition coefficient (Wildman–Crippen LogP) is -0.116. The topological polar surface area (TPSA) is 69.6 Å². The highest BCUT2D eigenvalue weighted by Gasteiger charge is 2.32. The normalized spacial score (nSPS) is 21.9. The fourth-order valence-corrected chi connectivity index (χ4v) is 1.98. The van der Waals surface area contributed by atoms with Gasteiger partial charge in [0.2, 0.25) is 11.8 Å². The molecular formula is C11H20N2O3. The van der Waals surface area contributed by atoms with E-state index in [-0.39, 0.29) is 17.9 Å². The van der Waals surface area contributed by atoms with Crippen molar-refractivity contribution < 1.29 is 14.7 Å². The summed E-state index contributed by atoms with van der Waals surface area (Å²) >= 11 is 0. The number of amides is 2. The van der Waals surface area contributed by atoms with Gasteiger partial charge < -0.3 is 15.3 Å². The lowest BCUT2D eigenvalue weighted by atomic mass is 10.1. The van der Waals surface area contributed by atoms with Gasteiger partial charge in [0.05, 0.1) is 6.10 Å². The molecule has 0 spiro atoms. The van der Waals surface area contributed by atoms with Crippen LogP contribution < -0.4 is 5.32 Å². The van der Waals surface area contributed by atoms with Crippen LogP contribution in [0.1, 0.15) is 32.6 Å². The van der Waals surface area contributed by atoms with E-state index in [0.29, 0.717) is 19.4 Å². The molecule has 1 rings (SSSR count). The Labute approximate surface area is 95.8 Å². The Balaban J connectivity index is 2.51. The van der Waals surface area contributed by atoms with E-state index < -0.39 is 6.10 Å². The lowest BCUT2D eigenvalue weighted by molar-refractivity contribution is -0.138. The number of likely N-dealkylation sites (N-methyl/N-ethyl adjacent to an activating group) is 1. The SMILES string of the molecule is CNC(=O)C1CCCN1C(=O)CCC(C)O. The monoisotopic (exact) mass is 228 g/mol. The summed E-state index contributed by atoms with van der Waals surface area (Å²) in [6.45, 7) is 2.31. The number of rotatable bonds is 4. The molecule has 2 atom stereocenters. The molecule has 92 valence electrons. The van der Waals surface area contributed by atoms with Crippen LogP contribution in [0.5, 0.6) is 0 Å². The second-order valence-electron chi connectivity index (χ2n) is 4.25. The Hall–Kier alpha value is -1.10. The van der Waals surface area contributed by atoms with Gasteiger partial charge in [0, 0.05) is 20.0 Å². The number of hydrogen-bond donors (Lipinski definition) is 2. The Kier molecular flexibility index (Phi) is 4.73. The van der Waals surface area contributed by atoms with Crippen molar-refractivity contribution in [2.75, 3.05) is 13.6 Å². The van der Waals surface area contributed by atoms with Crippen LogP contribution in [0.25, 0.3) is 0 Å². The molecule has 2 N–H and O–H groups in total. The molecule has 0 radical (unpaired) electrons. The lowest BCUT2D eigenvalue weighted by Crippen LogP contribution is -2.44. The molecule has 5 nitrogen and oxygen atoms in total. The zero-order chi connectivity index (χ0) is 12.1. The van der Waals surface area contributed by atoms with E-state index in [9.17, 15) is 9.59 Å². The van der Waals surface area contributed by atoms with Gasteiger partial charge in [-0.2, -0.15) is 0 Å². The van der Waals surface area contributed by atoms with Gasteiger partial charge in [-0.3, -0.25) is 9.59 Å². The maximum Gasteiger partial charge on any atom is 0.242 e. The Morgan fingerprint density at radius 1 is 1.56 bits per heavy atom. The first-order chi connectivity index (χ1) is 7.56. The van der Waals surface area contributed by atoms with Crippen LogP contribution in [-0.4, -0.2) is 47.6 Å². The van der Waals surface area contributed by atoms with Gasteiger partial charge in [-0.1, -0.05) is 0 Å². The van der Waals surface area contributed by atoms with E-state index in [0.717, 1.165) is 12.8 Å². The van der Waals surface area contributed by atoms with Crippen molar-refractivity contribution in [3.63, 3.8) is 0 Å². The van der Waals surface area contributed by atoms with Crippen LogP contribution in [0.3, 0.4) is 0 Å². The summed E-state index contributed by atoms with van der Waals surface area (Å²) < 4.78 is 0. The first-order valence-electron chi connectivity index (χ1n) is 5.75. The van der Waals surface area contributed by atoms with Crippen molar-refractivity contribution >= 4 is 11.8 Å². The second-order valence-corrected chi connectivity index (χ2v) is 4.25. The van der Waals surface area contributed by atoms with Crippen molar-refractivity contribution in [2.45, 2.75) is 44.8 Å². The zero-order valence-electron chi connectivity index (χ0n) is 9.90. The van der Waals surface area contributed by atoms with Gasteiger partial charge in [0.15, 0.2) is 0 Å². The highest BCUT2D eigenvalue weighted by atomic mass is 16.3. The summed E-state index contributed by atoms with van der Waals surface area (Å²) in [5.74, 6) is -0.130. The quantitative estimate of drug-likeness (QED) is 0.705. The number of aliphatic hydroxyl groups is 1. The second kappa shape index (κ2) is 5.84. The van der Waals surface area contributed by atoms with Gasteiger partial charge in [0.25, 0.3) is 0 Å². The highest BCUT2D eigenvalue weighted by Crippen LogP contribution is 2.19. The molecule has 1 aliphatic heterocycles. The first-order valence-corrected chi connectivity index (χ1v) is 5.75. The summed E-state index contributed by atoms with van der Waals surface area (Å²) in [5.41, 5.74) is 0. The standard InChI is InChI=1S/C11H20N2O3/c1-8(14)5-6-10(15)13-7-3-4-9(13)11(16)12-2/h8-9,14H,3-7H2,1-2H3,(H,12,16). The number of carbonyl (C=O) groups is 2. The third-order valence-electron chi connectivity index (χ3n) is 2.90. The van der Waals surface area contributed by atoms with E-state index in [1.165, 1.54) is 0 Å². The molecule has 0 aromatic rings. The average Bonchev–Trinajstić information content (AvgIpc) is 2.73. The zero-order valence-corrected chi connectivity index (χ0v) is 9.90. The van der Waals surface area contributed by atoms with Crippen molar-refractivity contribution in [1.29, 1.82) is 0 Å². The third kappa shape index (κ3) is 3.20. The van der Waals surface area contributed by atoms with Crippen molar-refractivity contribution in [2.24, 2.45) is 0 Å². The van der Waals surface area contributed by atoms with E-state index in [1.807, 2.05) is 0 Å². The molecule has 2 amide bonds. The molecule has 0 bridgehead atoms. The molecule has 0 aromatic heterocycles. The van der Waals surface area contributed by atoms with Gasteiger partial charge in [0.1, 0.15) is 6.04 Å². The Bertz CT molecular complexity index is 266. The summed E-state index contributed by atoms with van der Waals surface area (Å²) in [4.78, 5) is 25.0. The largest absolute Gasteiger partial charge is 0.393 e. The smallest absolute Gasteiger partial charge is 0.242 e. The first kappa shape index (κ1) is 13.0. The van der Waals surface area contributed by atoms with Crippen molar-refractivity contribution in [3.05, 3.63) is 0 Å². The Morgan fingerprint density at radius 3 is 2.81 bits per heavy atom. The van der Waals surface area contributed by atoms with E-state index in [2.05, 4.69) is 5.32 Å². The van der Waals surface area contributed by atoms with Crippen LogP contribution in [0, 0.1) is 0 Å². The van der Waals surface area contributed by atoms with E-state index in [1.54, 1.807) is 18.9 Å². The summed E-state index contributed by atoms with van der Waals surface area (Å²) in [5, 5.41) is 11.7. The van der Waals surface area contributed by atoms with Crippen LogP contribution in [0.4, 0.5) is 0 Å². The minimum Gasteiger partial charge on any atom is -0.393 e. The van der Waals surface area contributed by atoms with Crippen LogP contribution in [0.2, 0.25) is 0 Å². The molecule has 1 fully saturated rings. The molecule has 0 aliphatic carbocycles. The predicted molar refractivity (Wildman–Crippen MR) is 59.7 cm³/mol. The Morgan fingerprint density at radius 2 is 2.25 bits per heavy atom. The number of aliphatic hydroxyl groups excluding tert-OH is 1. The summed E-state index contributed by atoms with van der Waals surface area (Å²) in [6.07, 6.45) is 1.91. The number of likely N-dealkylation sites (tertiary alicyclic amines) is 1. The molecule has 5 heteroatoms. The lowest BCUT2D eigenvalue weighted by Gasteiger charge is -2.23. The summed E-state index contributed by atoms with van der Waals surface area (Å²) in [7, 11) is 1.58. The van der Waals surface area contributed by atoms with Crippen LogP contribution >= 0.6 is 0 Å². The number of nitrogens with zero attached hydrogens (tertiary/aromatic N) is 1. The van der Waals surface area contributed by atoms with Crippen LogP contribution in [-0.2, 0) is 9.59 Å². The molecule has 0 aromatic carbocycles. The molecule has 1 heterocycles. The van der Waals surface area contributed by atoms with Gasteiger partial charge in [-0.25, -0.2) is 0 Å². The third-order valence-corrected chi connectivity index (χ3v) is 2.90. The molecule has 2 unspecified atom stereocenters. The maximum atomic E-state index is 11.8. The van der Waals surface area contributed by atoms with Gasteiger partial charge in [-0.05, 0) is 26.2 Å². The molecule has 1 aliphatic rings. The van der Waals surface area contributed by atoms with Crippen molar-refractivity contribution in [3.8, 4) is 0 Å². The highest BCUT2D eigenvalue weighted by molar-refractivity contribution is 5.88. The average molecular weight is 228 g/mol. The van der Waals surface area contributed by atoms with Crippen molar-refractivity contribution in [1.82, 2.24) is 10.2 Å². The summed E-state index contributed by atoms with van der Waals surface area (Å²) in [6, 6.07) is -0.313. The van der Waals surface area contributed by atoms with Gasteiger partial charge in [-0.15, -0.1) is 0 Å². The van der Waals surface area contributed by atoms with E-state index in [4.69, 9.17) is 5.11 Å². The molecule has 0 saturated carbocycles. The molecule has 1 saturated heterocycles. The molecular weight excluding hydrogens is 208 g/mol. The number of hydrogen-bond acceptors (Lipinski definition) is 3. The minimum absolute atomic E-state index is 0.0352. The fourth-order valence-electron chi connectivity index (χ4n) is 1.98. The minimum atomic E-state index is -0.468. The van der Waals surface area contributed by atoms with E-state index >= 15 is 0 Å². The maximum absolute atomic E-state index is 11.8.